The van der Waals surface area contributed by atoms with Crippen molar-refractivity contribution in [3.05, 3.63) is 29.3 Å². The lowest BCUT2D eigenvalue weighted by Gasteiger charge is -2.29. The second kappa shape index (κ2) is 9.50. The lowest BCUT2D eigenvalue weighted by Crippen LogP contribution is -2.54. The molecule has 170 valence electrons. The molecule has 9 nitrogen and oxygen atoms in total. The number of nitrogens with one attached hydrogen (secondary N) is 2. The summed E-state index contributed by atoms with van der Waals surface area (Å²) in [7, 11) is 0. The van der Waals surface area contributed by atoms with Gasteiger partial charge in [0.1, 0.15) is 6.04 Å². The van der Waals surface area contributed by atoms with E-state index in [2.05, 4.69) is 10.6 Å². The molecule has 2 fully saturated rings. The number of carbonyl (C=O) groups is 5. The van der Waals surface area contributed by atoms with E-state index in [-0.39, 0.29) is 24.3 Å². The van der Waals surface area contributed by atoms with Gasteiger partial charge in [-0.1, -0.05) is 18.9 Å². The van der Waals surface area contributed by atoms with Crippen LogP contribution in [0.4, 0.5) is 5.69 Å². The first-order valence-electron chi connectivity index (χ1n) is 11.3. The second-order valence-corrected chi connectivity index (χ2v) is 8.68. The molecule has 0 radical (unpaired) electrons. The smallest absolute Gasteiger partial charge is 0.264 e. The molecule has 2 saturated heterocycles. The fraction of sp³-hybridized carbons (Fsp3) is 0.522. The molecule has 3 aliphatic heterocycles. The van der Waals surface area contributed by atoms with E-state index in [1.165, 1.54) is 0 Å². The Kier molecular flexibility index (Phi) is 6.53. The Hall–Kier alpha value is -3.23. The summed E-state index contributed by atoms with van der Waals surface area (Å²) >= 11 is 0. The first kappa shape index (κ1) is 22.0. The minimum Gasteiger partial charge on any atom is -0.384 e. The predicted octanol–water partition coefficient (Wildman–Crippen LogP) is 1.54. The molecule has 0 bridgehead atoms. The maximum absolute atomic E-state index is 13.1. The summed E-state index contributed by atoms with van der Waals surface area (Å²) in [5.74, 6) is -1.34. The summed E-state index contributed by atoms with van der Waals surface area (Å²) in [6.07, 6.45) is 6.34. The highest BCUT2D eigenvalue weighted by Gasteiger charge is 2.45. The van der Waals surface area contributed by atoms with Crippen LogP contribution in [0, 0.1) is 5.92 Å². The van der Waals surface area contributed by atoms with Crippen LogP contribution in [-0.4, -0.2) is 65.5 Å². The molecule has 3 aliphatic rings. The largest absolute Gasteiger partial charge is 0.384 e. The Morgan fingerprint density at radius 1 is 1.03 bits per heavy atom. The van der Waals surface area contributed by atoms with Gasteiger partial charge in [-0.15, -0.1) is 0 Å². The Balaban J connectivity index is 1.32. The van der Waals surface area contributed by atoms with Gasteiger partial charge in [0, 0.05) is 31.7 Å². The Labute approximate surface area is 186 Å². The van der Waals surface area contributed by atoms with E-state index in [0.717, 1.165) is 56.5 Å². The van der Waals surface area contributed by atoms with Crippen LogP contribution in [0.15, 0.2) is 18.2 Å². The number of carbonyl (C=O) groups excluding carboxylic acids is 5. The fourth-order valence-electron chi connectivity index (χ4n) is 4.79. The minimum absolute atomic E-state index is 0.100. The number of hydrogen-bond acceptors (Lipinski definition) is 6. The van der Waals surface area contributed by atoms with Crippen molar-refractivity contribution in [1.82, 2.24) is 15.1 Å². The molecule has 0 aromatic heterocycles. The number of benzene rings is 1. The SMILES string of the molecule is O=CN1CCC(CCCCNc2cccc3c2C(=O)N(C2CCC(=O)NC2=O)C3=O)CC1. The first-order valence-corrected chi connectivity index (χ1v) is 11.3. The zero-order valence-corrected chi connectivity index (χ0v) is 18.0. The zero-order valence-electron chi connectivity index (χ0n) is 18.0. The molecule has 3 heterocycles. The van der Waals surface area contributed by atoms with Crippen LogP contribution in [0.2, 0.25) is 0 Å². The molecule has 0 aliphatic carbocycles. The molecular formula is C23H28N4O5. The molecule has 1 unspecified atom stereocenters. The number of anilines is 1. The van der Waals surface area contributed by atoms with Crippen LogP contribution >= 0.6 is 0 Å². The quantitative estimate of drug-likeness (QED) is 0.360. The Morgan fingerprint density at radius 3 is 2.53 bits per heavy atom. The third-order valence-electron chi connectivity index (χ3n) is 6.62. The first-order chi connectivity index (χ1) is 15.5. The summed E-state index contributed by atoms with van der Waals surface area (Å²) in [5, 5.41) is 5.49. The van der Waals surface area contributed by atoms with Crippen LogP contribution < -0.4 is 10.6 Å². The second-order valence-electron chi connectivity index (χ2n) is 8.68. The normalized spacial score (nSPS) is 21.6. The van der Waals surface area contributed by atoms with Gasteiger partial charge < -0.3 is 10.2 Å². The highest BCUT2D eigenvalue weighted by molar-refractivity contribution is 6.25. The van der Waals surface area contributed by atoms with Gasteiger partial charge in [0.05, 0.1) is 11.1 Å². The number of piperidine rings is 2. The number of unbranched alkanes of at least 4 members (excludes halogenated alkanes) is 1. The lowest BCUT2D eigenvalue weighted by atomic mass is 9.92. The topological polar surface area (TPSA) is 116 Å². The van der Waals surface area contributed by atoms with E-state index in [4.69, 9.17) is 0 Å². The van der Waals surface area contributed by atoms with Gasteiger partial charge in [-0.25, -0.2) is 0 Å². The molecular weight excluding hydrogens is 412 g/mol. The van der Waals surface area contributed by atoms with E-state index >= 15 is 0 Å². The number of hydrogen-bond donors (Lipinski definition) is 2. The number of fused-ring (bicyclic) bond motifs is 1. The Bertz CT molecular complexity index is 938. The zero-order chi connectivity index (χ0) is 22.7. The molecule has 2 N–H and O–H groups in total. The summed E-state index contributed by atoms with van der Waals surface area (Å²) in [4.78, 5) is 63.2. The van der Waals surface area contributed by atoms with Crippen LogP contribution in [0.25, 0.3) is 0 Å². The number of likely N-dealkylation sites (tertiary alicyclic amines) is 1. The summed E-state index contributed by atoms with van der Waals surface area (Å²) in [6.45, 7) is 2.34. The summed E-state index contributed by atoms with van der Waals surface area (Å²) in [6, 6.07) is 4.13. The maximum atomic E-state index is 13.1. The highest BCUT2D eigenvalue weighted by Crippen LogP contribution is 2.32. The van der Waals surface area contributed by atoms with Crippen LogP contribution in [0.5, 0.6) is 0 Å². The molecule has 1 aromatic rings. The van der Waals surface area contributed by atoms with Gasteiger partial charge in [-0.2, -0.15) is 0 Å². The molecule has 9 heteroatoms. The van der Waals surface area contributed by atoms with Gasteiger partial charge in [-0.3, -0.25) is 34.2 Å². The van der Waals surface area contributed by atoms with Gasteiger partial charge in [0.15, 0.2) is 0 Å². The van der Waals surface area contributed by atoms with Crippen LogP contribution in [-0.2, 0) is 14.4 Å². The van der Waals surface area contributed by atoms with Crippen LogP contribution in [0.3, 0.4) is 0 Å². The van der Waals surface area contributed by atoms with Crippen molar-refractivity contribution in [1.29, 1.82) is 0 Å². The van der Waals surface area contributed by atoms with E-state index in [1.807, 2.05) is 4.90 Å². The monoisotopic (exact) mass is 440 g/mol. The third-order valence-corrected chi connectivity index (χ3v) is 6.62. The average molecular weight is 441 g/mol. The van der Waals surface area contributed by atoms with Gasteiger partial charge >= 0.3 is 0 Å². The molecule has 1 aromatic carbocycles. The van der Waals surface area contributed by atoms with Crippen molar-refractivity contribution in [2.75, 3.05) is 25.0 Å². The summed E-state index contributed by atoms with van der Waals surface area (Å²) in [5.41, 5.74) is 1.17. The molecule has 32 heavy (non-hydrogen) atoms. The predicted molar refractivity (Wildman–Crippen MR) is 116 cm³/mol. The molecule has 5 amide bonds. The number of imide groups is 2. The van der Waals surface area contributed by atoms with Gasteiger partial charge in [0.2, 0.25) is 18.2 Å². The van der Waals surface area contributed by atoms with Crippen molar-refractivity contribution in [3.63, 3.8) is 0 Å². The summed E-state index contributed by atoms with van der Waals surface area (Å²) < 4.78 is 0. The highest BCUT2D eigenvalue weighted by atomic mass is 16.2. The van der Waals surface area contributed by atoms with Crippen molar-refractivity contribution >= 4 is 35.7 Å². The minimum atomic E-state index is -0.960. The van der Waals surface area contributed by atoms with E-state index < -0.39 is 23.8 Å². The van der Waals surface area contributed by atoms with Crippen molar-refractivity contribution < 1.29 is 24.0 Å². The van der Waals surface area contributed by atoms with Gasteiger partial charge in [0.25, 0.3) is 11.8 Å². The number of rotatable bonds is 8. The number of amides is 5. The van der Waals surface area contributed by atoms with Crippen molar-refractivity contribution in [2.45, 2.75) is 51.0 Å². The van der Waals surface area contributed by atoms with Crippen molar-refractivity contribution in [3.8, 4) is 0 Å². The van der Waals surface area contributed by atoms with E-state index in [9.17, 15) is 24.0 Å². The fourth-order valence-corrected chi connectivity index (χ4v) is 4.79. The molecule has 0 spiro atoms. The molecule has 0 saturated carbocycles. The van der Waals surface area contributed by atoms with Gasteiger partial charge in [-0.05, 0) is 43.7 Å². The molecule has 4 rings (SSSR count). The van der Waals surface area contributed by atoms with E-state index in [0.29, 0.717) is 23.7 Å². The van der Waals surface area contributed by atoms with Crippen LogP contribution in [0.1, 0.15) is 65.7 Å². The Morgan fingerprint density at radius 2 is 1.81 bits per heavy atom. The van der Waals surface area contributed by atoms with E-state index in [1.54, 1.807) is 18.2 Å². The lowest BCUT2D eigenvalue weighted by molar-refractivity contribution is -0.136. The average Bonchev–Trinajstić information content (AvgIpc) is 3.05. The molecule has 1 atom stereocenters. The maximum Gasteiger partial charge on any atom is 0.264 e. The standard InChI is InChI=1S/C23H28N4O5/c28-14-26-12-9-15(10-13-26)4-1-2-11-24-17-6-3-5-16-20(17)23(32)27(22(16)31)18-7-8-19(29)25-21(18)30/h3,5-6,14-15,18,24H,1-2,4,7-13H2,(H,25,29,30). The van der Waals surface area contributed by atoms with Crippen molar-refractivity contribution in [2.24, 2.45) is 5.92 Å². The number of nitrogens with zero attached hydrogens (tertiary/aromatic N) is 2. The third kappa shape index (κ3) is 4.37.